The predicted molar refractivity (Wildman–Crippen MR) is 212 cm³/mol. The number of hydrogen-bond donors (Lipinski definition) is 6. The van der Waals surface area contributed by atoms with Crippen LogP contribution in [-0.4, -0.2) is 37.2 Å². The molecule has 0 spiro atoms. The lowest BCUT2D eigenvalue weighted by Crippen LogP contribution is -2.17. The van der Waals surface area contributed by atoms with E-state index in [0.717, 1.165) is 10.8 Å². The lowest BCUT2D eigenvalue weighted by Gasteiger charge is -2.22. The van der Waals surface area contributed by atoms with Gasteiger partial charge < -0.3 is 36.1 Å². The van der Waals surface area contributed by atoms with Crippen LogP contribution in [-0.2, 0) is 19.7 Å². The van der Waals surface area contributed by atoms with E-state index in [1.165, 1.54) is 18.2 Å². The number of halogens is 1. The number of carboxylic acids is 2. The third-order valence-electron chi connectivity index (χ3n) is 9.54. The van der Waals surface area contributed by atoms with Crippen LogP contribution in [0.3, 0.4) is 0 Å². The van der Waals surface area contributed by atoms with E-state index in [1.807, 2.05) is 30.3 Å². The summed E-state index contributed by atoms with van der Waals surface area (Å²) in [5, 5.41) is 38.2. The number of carboxylic acid groups (broad SMARTS) is 2. The molecule has 0 atom stereocenters. The molecule has 272 valence electrons. The molecule has 0 radical (unpaired) electrons. The van der Waals surface area contributed by atoms with E-state index in [0.29, 0.717) is 61.4 Å². The van der Waals surface area contributed by atoms with E-state index in [-0.39, 0.29) is 52.9 Å². The number of aromatic nitrogens is 2. The summed E-state index contributed by atoms with van der Waals surface area (Å²) in [5.74, 6) is -2.15. The molecule has 4 aromatic carbocycles. The Kier molecular flexibility index (Phi) is 8.97. The smallest absolute Gasteiger partial charge is 0.354 e. The first-order valence-corrected chi connectivity index (χ1v) is 17.4. The number of aliphatic hydroxyl groups is 1. The molecule has 0 saturated carbocycles. The summed E-state index contributed by atoms with van der Waals surface area (Å²) in [6, 6.07) is 29.1. The van der Waals surface area contributed by atoms with Gasteiger partial charge in [0.15, 0.2) is 0 Å². The molecule has 2 aromatic heterocycles. The zero-order chi connectivity index (χ0) is 38.4. The van der Waals surface area contributed by atoms with Gasteiger partial charge in [-0.2, -0.15) is 0 Å². The number of benzene rings is 5. The van der Waals surface area contributed by atoms with Crippen molar-refractivity contribution in [2.75, 3.05) is 16.4 Å². The number of nitrogens with zero attached hydrogens (tertiary/aromatic N) is 2. The van der Waals surface area contributed by atoms with Gasteiger partial charge in [0, 0.05) is 51.6 Å². The number of nitrogens with one attached hydrogen (secondary N) is 2. The fourth-order valence-corrected chi connectivity index (χ4v) is 7.11. The van der Waals surface area contributed by atoms with Gasteiger partial charge in [-0.1, -0.05) is 66.2 Å². The third kappa shape index (κ3) is 6.28. The zero-order valence-electron chi connectivity index (χ0n) is 28.8. The Labute approximate surface area is 316 Å². The summed E-state index contributed by atoms with van der Waals surface area (Å²) in [7, 11) is 0. The molecule has 0 unspecified atom stereocenters. The maximum atomic E-state index is 13.9. The van der Waals surface area contributed by atoms with Crippen molar-refractivity contribution in [3.8, 4) is 22.5 Å². The zero-order valence-corrected chi connectivity index (χ0v) is 29.5. The molecule has 0 amide bonds. The number of anilines is 3. The first-order chi connectivity index (χ1) is 26.6. The van der Waals surface area contributed by atoms with E-state index in [9.17, 15) is 29.7 Å². The van der Waals surface area contributed by atoms with E-state index < -0.39 is 17.4 Å². The van der Waals surface area contributed by atoms with Crippen molar-refractivity contribution < 1.29 is 29.3 Å². The minimum Gasteiger partial charge on any atom is -0.478 e. The standard InChI is InChI=1S/C42H30ClN5O7/c43-30-17-27-35(24-7-1-2-8-25(24)41(51)52)26-14-15-31(44)28(18-45-33-10-4-6-22-12-16-34(42(53)54)48-37(22)33)39(26)55-40(27)29(38(30)50)19-46-32-9-3-5-21-11-13-23(20-49)47-36(21)32/h1-17,45-46,49H,18-20,44H2,(H,51,52)(H,53,54). The molecule has 1 aliphatic heterocycles. The van der Waals surface area contributed by atoms with Crippen LogP contribution in [0.5, 0.6) is 0 Å². The highest BCUT2D eigenvalue weighted by Crippen LogP contribution is 2.45. The summed E-state index contributed by atoms with van der Waals surface area (Å²) in [5.41, 5.74) is 11.2. The molecule has 7 N–H and O–H groups in total. The first-order valence-electron chi connectivity index (χ1n) is 17.0. The number of nitrogens with two attached hydrogens (primary N) is 1. The molecule has 12 nitrogen and oxygen atoms in total. The molecule has 6 aromatic rings. The number of carbonyl (C=O) groups is 2. The number of rotatable bonds is 10. The van der Waals surface area contributed by atoms with Crippen LogP contribution in [0.4, 0.5) is 17.1 Å². The Hall–Kier alpha value is -7.02. The summed E-state index contributed by atoms with van der Waals surface area (Å²) in [6.45, 7) is -0.226. The second-order valence-corrected chi connectivity index (χ2v) is 13.2. The monoisotopic (exact) mass is 751 g/mol. The number of hydrogen-bond acceptors (Lipinski definition) is 10. The molecule has 0 fully saturated rings. The summed E-state index contributed by atoms with van der Waals surface area (Å²) in [4.78, 5) is 47.2. The fourth-order valence-electron chi connectivity index (χ4n) is 6.89. The highest BCUT2D eigenvalue weighted by atomic mass is 35.5. The van der Waals surface area contributed by atoms with E-state index in [2.05, 4.69) is 20.6 Å². The van der Waals surface area contributed by atoms with Gasteiger partial charge >= 0.3 is 11.9 Å². The van der Waals surface area contributed by atoms with Crippen LogP contribution in [0.2, 0.25) is 5.02 Å². The quantitative estimate of drug-likeness (QED) is 0.0582. The van der Waals surface area contributed by atoms with Crippen LogP contribution in [0, 0.1) is 0 Å². The lowest BCUT2D eigenvalue weighted by atomic mass is 9.88. The topological polar surface area (TPSA) is 201 Å². The van der Waals surface area contributed by atoms with Crippen molar-refractivity contribution in [2.45, 2.75) is 19.7 Å². The van der Waals surface area contributed by atoms with Crippen LogP contribution < -0.4 is 21.8 Å². The third-order valence-corrected chi connectivity index (χ3v) is 9.82. The van der Waals surface area contributed by atoms with Crippen LogP contribution in [0.1, 0.15) is 37.7 Å². The van der Waals surface area contributed by atoms with Crippen molar-refractivity contribution in [1.82, 2.24) is 9.97 Å². The Bertz CT molecular complexity index is 2890. The van der Waals surface area contributed by atoms with Gasteiger partial charge in [-0.05, 0) is 54.1 Å². The van der Waals surface area contributed by atoms with Crippen molar-refractivity contribution >= 4 is 73.4 Å². The van der Waals surface area contributed by atoms with Gasteiger partial charge in [0.1, 0.15) is 17.0 Å². The summed E-state index contributed by atoms with van der Waals surface area (Å²) >= 11 is 6.66. The predicted octanol–water partition coefficient (Wildman–Crippen LogP) is 8.01. The number of pyridine rings is 2. The molecule has 13 heteroatoms. The summed E-state index contributed by atoms with van der Waals surface area (Å²) < 4.78 is 6.72. The largest absolute Gasteiger partial charge is 0.478 e. The van der Waals surface area contributed by atoms with Crippen molar-refractivity contribution in [2.24, 2.45) is 0 Å². The van der Waals surface area contributed by atoms with Gasteiger partial charge in [0.05, 0.1) is 50.9 Å². The highest BCUT2D eigenvalue weighted by Gasteiger charge is 2.28. The second kappa shape index (κ2) is 14.1. The fraction of sp³-hybridized carbons (Fsp3) is 0.0714. The van der Waals surface area contributed by atoms with Crippen LogP contribution in [0.15, 0.2) is 112 Å². The molecule has 1 aliphatic carbocycles. The second-order valence-electron chi connectivity index (χ2n) is 12.8. The van der Waals surface area contributed by atoms with Crippen molar-refractivity contribution in [3.63, 3.8) is 0 Å². The van der Waals surface area contributed by atoms with Crippen LogP contribution >= 0.6 is 11.6 Å². The molecule has 55 heavy (non-hydrogen) atoms. The van der Waals surface area contributed by atoms with E-state index in [4.69, 9.17) is 21.8 Å². The van der Waals surface area contributed by atoms with E-state index >= 15 is 0 Å². The molecule has 2 aliphatic rings. The Morgan fingerprint density at radius 3 is 2.11 bits per heavy atom. The molecule has 3 heterocycles. The minimum absolute atomic E-state index is 0.0207. The van der Waals surface area contributed by atoms with Gasteiger partial charge in [-0.3, -0.25) is 4.79 Å². The summed E-state index contributed by atoms with van der Waals surface area (Å²) in [6.07, 6.45) is 0. The molecular formula is C42H30ClN5O7. The number of aromatic carboxylic acids is 2. The van der Waals surface area contributed by atoms with Gasteiger partial charge in [0.25, 0.3) is 0 Å². The van der Waals surface area contributed by atoms with E-state index in [1.54, 1.807) is 54.6 Å². The Morgan fingerprint density at radius 1 is 0.745 bits per heavy atom. The Balaban J connectivity index is 1.34. The van der Waals surface area contributed by atoms with Crippen molar-refractivity contribution in [1.29, 1.82) is 0 Å². The van der Waals surface area contributed by atoms with Gasteiger partial charge in [-0.25, -0.2) is 19.6 Å². The number of nitrogen functional groups attached to an aromatic ring is 1. The Morgan fingerprint density at radius 2 is 1.42 bits per heavy atom. The van der Waals surface area contributed by atoms with Gasteiger partial charge in [-0.15, -0.1) is 0 Å². The van der Waals surface area contributed by atoms with Crippen LogP contribution in [0.25, 0.3) is 55.2 Å². The molecule has 8 rings (SSSR count). The lowest BCUT2D eigenvalue weighted by molar-refractivity contribution is 0.0683. The van der Waals surface area contributed by atoms with Crippen molar-refractivity contribution in [3.05, 3.63) is 146 Å². The normalized spacial score (nSPS) is 11.4. The molecular weight excluding hydrogens is 722 g/mol. The average Bonchev–Trinajstić information content (AvgIpc) is 3.19. The van der Waals surface area contributed by atoms with Gasteiger partial charge in [0.2, 0.25) is 5.43 Å². The number of fused-ring (bicyclic) bond motifs is 4. The molecule has 0 saturated heterocycles. The number of aliphatic hydroxyl groups excluding tert-OH is 1. The SMILES string of the molecule is Nc1ccc2c(-c3ccccc3C(=O)O)c3cc(Cl)c(=O)c(CNc4cccc5ccc(CO)nc45)c-3oc2c1CNc1cccc2ccc(C(=O)O)nc12. The maximum absolute atomic E-state index is 13.9. The highest BCUT2D eigenvalue weighted by molar-refractivity contribution is 6.31. The maximum Gasteiger partial charge on any atom is 0.354 e. The average molecular weight is 752 g/mol. The molecule has 0 bridgehead atoms. The number of para-hydroxylation sites is 2. The first kappa shape index (κ1) is 35.0. The minimum atomic E-state index is -1.16.